The first-order valence-corrected chi connectivity index (χ1v) is 14.9. The Morgan fingerprint density at radius 2 is 1.91 bits per heavy atom. The lowest BCUT2D eigenvalue weighted by Gasteiger charge is -2.33. The van der Waals surface area contributed by atoms with Gasteiger partial charge in [-0.3, -0.25) is 9.69 Å². The quantitative estimate of drug-likeness (QED) is 0.412. The molecule has 1 atom stereocenters. The molecule has 2 aliphatic heterocycles. The Hall–Kier alpha value is -1.85. The van der Waals surface area contributed by atoms with Crippen molar-refractivity contribution in [3.63, 3.8) is 0 Å². The van der Waals surface area contributed by atoms with E-state index in [0.29, 0.717) is 42.5 Å². The first-order chi connectivity index (χ1) is 16.8. The zero-order valence-corrected chi connectivity index (χ0v) is 22.7. The van der Waals surface area contributed by atoms with Crippen molar-refractivity contribution in [3.8, 4) is 0 Å². The van der Waals surface area contributed by atoms with Gasteiger partial charge in [-0.25, -0.2) is 13.4 Å². The number of thiazole rings is 1. The molecule has 1 unspecified atom stereocenters. The summed E-state index contributed by atoms with van der Waals surface area (Å²) in [5, 5.41) is 0.674. The fourth-order valence-corrected chi connectivity index (χ4v) is 7.68. The van der Waals surface area contributed by atoms with E-state index < -0.39 is 10.0 Å². The van der Waals surface area contributed by atoms with Crippen LogP contribution in [0, 0.1) is 12.8 Å². The van der Waals surface area contributed by atoms with E-state index in [1.165, 1.54) is 15.6 Å². The van der Waals surface area contributed by atoms with Crippen molar-refractivity contribution >= 4 is 58.5 Å². The van der Waals surface area contributed by atoms with Crippen molar-refractivity contribution in [1.82, 2.24) is 9.29 Å². The second-order valence-electron chi connectivity index (χ2n) is 9.18. The van der Waals surface area contributed by atoms with Gasteiger partial charge < -0.3 is 4.74 Å². The first kappa shape index (κ1) is 24.8. The average Bonchev–Trinajstić information content (AvgIpc) is 3.52. The fraction of sp³-hybridized carbons (Fsp3) is 0.440. The van der Waals surface area contributed by atoms with Gasteiger partial charge in [-0.05, 0) is 62.9 Å². The van der Waals surface area contributed by atoms with Crippen LogP contribution in [0.3, 0.4) is 0 Å². The molecule has 0 radical (unpaired) electrons. The standard InChI is InChI=1S/C25H28BrN3O4S2/c1-17-4-7-21(8-5-17)35(31,32)28-12-10-18(11-13-28)24(30)29(16-20-3-2-14-33-20)25-27-22-9-6-19(26)15-23(22)34-25/h4-9,15,18,20H,2-3,10-14,16H2,1H3. The number of hydrogen-bond donors (Lipinski definition) is 0. The van der Waals surface area contributed by atoms with Crippen LogP contribution in [-0.2, 0) is 19.6 Å². The maximum Gasteiger partial charge on any atom is 0.243 e. The highest BCUT2D eigenvalue weighted by molar-refractivity contribution is 9.10. The van der Waals surface area contributed by atoms with Gasteiger partial charge in [-0.15, -0.1) is 0 Å². The Labute approximate surface area is 218 Å². The summed E-state index contributed by atoms with van der Waals surface area (Å²) < 4.78 is 35.5. The van der Waals surface area contributed by atoms with E-state index in [-0.39, 0.29) is 17.9 Å². The lowest BCUT2D eigenvalue weighted by Crippen LogP contribution is -2.46. The number of carbonyl (C=O) groups excluding carboxylic acids is 1. The zero-order valence-electron chi connectivity index (χ0n) is 19.5. The number of aryl methyl sites for hydroxylation is 1. The number of ether oxygens (including phenoxy) is 1. The molecule has 5 rings (SSSR count). The number of amides is 1. The monoisotopic (exact) mass is 577 g/mol. The van der Waals surface area contributed by atoms with Crippen LogP contribution in [0.5, 0.6) is 0 Å². The van der Waals surface area contributed by atoms with Gasteiger partial charge in [0.15, 0.2) is 5.13 Å². The van der Waals surface area contributed by atoms with Crippen LogP contribution in [0.2, 0.25) is 0 Å². The highest BCUT2D eigenvalue weighted by atomic mass is 79.9. The molecule has 7 nitrogen and oxygen atoms in total. The minimum atomic E-state index is -3.57. The van der Waals surface area contributed by atoms with E-state index in [9.17, 15) is 13.2 Å². The molecule has 2 aromatic carbocycles. The molecule has 3 aromatic rings. The van der Waals surface area contributed by atoms with E-state index in [4.69, 9.17) is 9.72 Å². The third-order valence-corrected chi connectivity index (χ3v) is 10.2. The lowest BCUT2D eigenvalue weighted by molar-refractivity contribution is -0.123. The Kier molecular flexibility index (Phi) is 7.28. The maximum atomic E-state index is 13.8. The number of benzene rings is 2. The molecular formula is C25H28BrN3O4S2. The van der Waals surface area contributed by atoms with Gasteiger partial charge in [0.2, 0.25) is 15.9 Å². The van der Waals surface area contributed by atoms with Crippen molar-refractivity contribution in [2.24, 2.45) is 5.92 Å². The van der Waals surface area contributed by atoms with Crippen LogP contribution in [0.15, 0.2) is 51.8 Å². The minimum Gasteiger partial charge on any atom is -0.376 e. The van der Waals surface area contributed by atoms with Crippen LogP contribution in [-0.4, -0.2) is 56.0 Å². The van der Waals surface area contributed by atoms with Crippen molar-refractivity contribution in [1.29, 1.82) is 0 Å². The minimum absolute atomic E-state index is 0.000275. The summed E-state index contributed by atoms with van der Waals surface area (Å²) in [6.07, 6.45) is 2.90. The maximum absolute atomic E-state index is 13.8. The normalized spacial score (nSPS) is 19.9. The molecule has 0 spiro atoms. The lowest BCUT2D eigenvalue weighted by atomic mass is 9.96. The Morgan fingerprint density at radius 3 is 2.60 bits per heavy atom. The van der Waals surface area contributed by atoms with E-state index in [0.717, 1.165) is 39.7 Å². The van der Waals surface area contributed by atoms with E-state index in [1.807, 2.05) is 37.3 Å². The fourth-order valence-electron chi connectivity index (χ4n) is 4.68. The van der Waals surface area contributed by atoms with Crippen LogP contribution >= 0.6 is 27.3 Å². The van der Waals surface area contributed by atoms with E-state index >= 15 is 0 Å². The van der Waals surface area contributed by atoms with E-state index in [2.05, 4.69) is 15.9 Å². The van der Waals surface area contributed by atoms with Crippen molar-refractivity contribution in [2.75, 3.05) is 31.1 Å². The van der Waals surface area contributed by atoms with Crippen LogP contribution in [0.4, 0.5) is 5.13 Å². The van der Waals surface area contributed by atoms with Gasteiger partial charge >= 0.3 is 0 Å². The molecule has 3 heterocycles. The van der Waals surface area contributed by atoms with Crippen LogP contribution in [0.1, 0.15) is 31.2 Å². The molecule has 0 N–H and O–H groups in total. The third-order valence-electron chi connectivity index (χ3n) is 6.71. The molecule has 186 valence electrons. The summed E-state index contributed by atoms with van der Waals surface area (Å²) in [4.78, 5) is 20.6. The molecule has 2 fully saturated rings. The largest absolute Gasteiger partial charge is 0.376 e. The summed E-state index contributed by atoms with van der Waals surface area (Å²) in [6.45, 7) is 3.77. The van der Waals surface area contributed by atoms with Gasteiger partial charge in [-0.1, -0.05) is 45.0 Å². The topological polar surface area (TPSA) is 79.8 Å². The van der Waals surface area contributed by atoms with Gasteiger partial charge in [0, 0.05) is 30.1 Å². The SMILES string of the molecule is Cc1ccc(S(=O)(=O)N2CCC(C(=O)N(CC3CCCO3)c3nc4ccc(Br)cc4s3)CC2)cc1. The second-order valence-corrected chi connectivity index (χ2v) is 13.0. The Bertz CT molecular complexity index is 1310. The molecular weight excluding hydrogens is 550 g/mol. The number of rotatable bonds is 6. The Balaban J connectivity index is 1.33. The summed E-state index contributed by atoms with van der Waals surface area (Å²) in [5.41, 5.74) is 1.87. The highest BCUT2D eigenvalue weighted by Crippen LogP contribution is 2.34. The van der Waals surface area contributed by atoms with Crippen molar-refractivity contribution in [2.45, 2.75) is 43.6 Å². The number of aromatic nitrogens is 1. The predicted molar refractivity (Wildman–Crippen MR) is 141 cm³/mol. The number of anilines is 1. The number of nitrogens with zero attached hydrogens (tertiary/aromatic N) is 3. The van der Waals surface area contributed by atoms with Crippen molar-refractivity contribution in [3.05, 3.63) is 52.5 Å². The number of hydrogen-bond acceptors (Lipinski definition) is 6. The van der Waals surface area contributed by atoms with Gasteiger partial charge in [-0.2, -0.15) is 4.31 Å². The van der Waals surface area contributed by atoms with Gasteiger partial charge in [0.25, 0.3) is 0 Å². The molecule has 0 saturated carbocycles. The van der Waals surface area contributed by atoms with Crippen LogP contribution < -0.4 is 4.90 Å². The van der Waals surface area contributed by atoms with Gasteiger partial charge in [0.1, 0.15) is 0 Å². The summed E-state index contributed by atoms with van der Waals surface area (Å²) in [5.74, 6) is -0.245. The molecule has 1 aromatic heterocycles. The number of carbonyl (C=O) groups is 1. The Morgan fingerprint density at radius 1 is 1.17 bits per heavy atom. The molecule has 2 aliphatic rings. The number of piperidine rings is 1. The van der Waals surface area contributed by atoms with Gasteiger partial charge in [0.05, 0.1) is 27.8 Å². The first-order valence-electron chi connectivity index (χ1n) is 11.9. The smallest absolute Gasteiger partial charge is 0.243 e. The summed E-state index contributed by atoms with van der Waals surface area (Å²) in [7, 11) is -3.57. The molecule has 0 bridgehead atoms. The van der Waals surface area contributed by atoms with Crippen LogP contribution in [0.25, 0.3) is 10.2 Å². The van der Waals surface area contributed by atoms with Crippen molar-refractivity contribution < 1.29 is 17.9 Å². The molecule has 35 heavy (non-hydrogen) atoms. The zero-order chi connectivity index (χ0) is 24.6. The summed E-state index contributed by atoms with van der Waals surface area (Å²) in [6, 6.07) is 12.8. The number of sulfonamides is 1. The molecule has 0 aliphatic carbocycles. The number of halogens is 1. The van der Waals surface area contributed by atoms with E-state index in [1.54, 1.807) is 17.0 Å². The second kappa shape index (κ2) is 10.3. The summed E-state index contributed by atoms with van der Waals surface area (Å²) >= 11 is 5.01. The highest BCUT2D eigenvalue weighted by Gasteiger charge is 2.36. The predicted octanol–water partition coefficient (Wildman–Crippen LogP) is 4.98. The molecule has 2 saturated heterocycles. The third kappa shape index (κ3) is 5.32. The number of fused-ring (bicyclic) bond motifs is 1. The molecule has 1 amide bonds. The average molecular weight is 579 g/mol. The molecule has 10 heteroatoms.